The summed E-state index contributed by atoms with van der Waals surface area (Å²) in [5.41, 5.74) is 0.961. The first-order valence-electron chi connectivity index (χ1n) is 4.26. The van der Waals surface area contributed by atoms with E-state index in [1.807, 2.05) is 22.8 Å². The van der Waals surface area contributed by atoms with Gasteiger partial charge in [-0.15, -0.1) is 0 Å². The molecule has 2 aromatic heterocycles. The maximum Gasteiger partial charge on any atom is 0.680 e. The van der Waals surface area contributed by atoms with Crippen LogP contribution in [0, 0.1) is 0 Å². The average Bonchev–Trinajstić information content (AvgIpc) is 2.29. The standard InChI is InChI=1S/C9H6BN3O/c1-3-12-9-7-2-4-11-6-8(7)14-10-13(9)5-1/h1-6H/q+1. The normalized spacial score (nSPS) is 12.0. The Labute approximate surface area is 81.5 Å². The van der Waals surface area contributed by atoms with Gasteiger partial charge in [0.2, 0.25) is 0 Å². The quantitative estimate of drug-likeness (QED) is 0.547. The number of nitrogens with zero attached hydrogens (tertiary/aromatic N) is 3. The molecule has 14 heavy (non-hydrogen) atoms. The fourth-order valence-corrected chi connectivity index (χ4v) is 1.45. The van der Waals surface area contributed by atoms with Crippen molar-refractivity contribution < 1.29 is 9.13 Å². The molecule has 0 fully saturated rings. The third kappa shape index (κ3) is 0.986. The van der Waals surface area contributed by atoms with Crippen LogP contribution >= 0.6 is 0 Å². The van der Waals surface area contributed by atoms with Gasteiger partial charge in [-0.05, 0) is 6.07 Å². The molecule has 5 heteroatoms. The first-order valence-corrected chi connectivity index (χ1v) is 4.26. The molecule has 4 nitrogen and oxygen atoms in total. The molecule has 0 bridgehead atoms. The minimum atomic E-state index is 0.742. The lowest BCUT2D eigenvalue weighted by molar-refractivity contribution is -0.531. The molecule has 1 aliphatic rings. The summed E-state index contributed by atoms with van der Waals surface area (Å²) >= 11 is 0. The second-order valence-electron chi connectivity index (χ2n) is 2.95. The second-order valence-corrected chi connectivity index (χ2v) is 2.95. The second kappa shape index (κ2) is 2.80. The van der Waals surface area contributed by atoms with Crippen molar-refractivity contribution in [3.05, 3.63) is 36.9 Å². The molecule has 0 atom stereocenters. The van der Waals surface area contributed by atoms with Gasteiger partial charge in [0, 0.05) is 12.3 Å². The molecular weight excluding hydrogens is 177 g/mol. The van der Waals surface area contributed by atoms with Gasteiger partial charge in [0.25, 0.3) is 0 Å². The van der Waals surface area contributed by atoms with Gasteiger partial charge in [0.05, 0.1) is 12.4 Å². The smallest absolute Gasteiger partial charge is 0.520 e. The number of pyridine rings is 1. The van der Waals surface area contributed by atoms with E-state index in [1.54, 1.807) is 26.2 Å². The Kier molecular flexibility index (Phi) is 1.50. The molecule has 1 aliphatic heterocycles. The van der Waals surface area contributed by atoms with E-state index in [4.69, 9.17) is 4.65 Å². The lowest BCUT2D eigenvalue weighted by atomic mass is 10.1. The van der Waals surface area contributed by atoms with E-state index in [0.29, 0.717) is 0 Å². The van der Waals surface area contributed by atoms with Crippen LogP contribution in [-0.4, -0.2) is 17.6 Å². The highest BCUT2D eigenvalue weighted by molar-refractivity contribution is 6.18. The third-order valence-electron chi connectivity index (χ3n) is 2.09. The molecule has 0 saturated carbocycles. The summed E-state index contributed by atoms with van der Waals surface area (Å²) in [5.74, 6) is 1.61. The van der Waals surface area contributed by atoms with Gasteiger partial charge in [-0.25, -0.2) is 0 Å². The van der Waals surface area contributed by atoms with Gasteiger partial charge in [-0.2, -0.15) is 0 Å². The maximum atomic E-state index is 5.39. The first-order chi connectivity index (χ1) is 6.95. The number of aromatic nitrogens is 3. The molecule has 0 spiro atoms. The highest BCUT2D eigenvalue weighted by atomic mass is 16.4. The van der Waals surface area contributed by atoms with Crippen LogP contribution in [0.2, 0.25) is 0 Å². The zero-order valence-electron chi connectivity index (χ0n) is 7.29. The molecule has 0 saturated heterocycles. The van der Waals surface area contributed by atoms with E-state index >= 15 is 0 Å². The van der Waals surface area contributed by atoms with E-state index in [1.165, 1.54) is 0 Å². The Morgan fingerprint density at radius 3 is 3.36 bits per heavy atom. The van der Waals surface area contributed by atoms with Gasteiger partial charge in [-0.3, -0.25) is 9.46 Å². The van der Waals surface area contributed by atoms with Crippen LogP contribution in [0.5, 0.6) is 5.75 Å². The molecule has 0 aromatic carbocycles. The van der Waals surface area contributed by atoms with Crippen molar-refractivity contribution in [1.82, 2.24) is 9.97 Å². The minimum absolute atomic E-state index is 0.742. The Morgan fingerprint density at radius 2 is 2.36 bits per heavy atom. The summed E-state index contributed by atoms with van der Waals surface area (Å²) < 4.78 is 7.22. The zero-order valence-corrected chi connectivity index (χ0v) is 7.29. The van der Waals surface area contributed by atoms with Gasteiger partial charge < -0.3 is 4.65 Å². The predicted octanol–water partition coefficient (Wildman–Crippen LogP) is 0.206. The minimum Gasteiger partial charge on any atom is -0.520 e. The summed E-state index contributed by atoms with van der Waals surface area (Å²) in [6.45, 7) is 0. The summed E-state index contributed by atoms with van der Waals surface area (Å²) in [5, 5.41) is 0. The van der Waals surface area contributed by atoms with Crippen molar-refractivity contribution in [2.45, 2.75) is 0 Å². The molecule has 3 rings (SSSR count). The van der Waals surface area contributed by atoms with Crippen molar-refractivity contribution in [1.29, 1.82) is 0 Å². The van der Waals surface area contributed by atoms with E-state index in [9.17, 15) is 0 Å². The highest BCUT2D eigenvalue weighted by Gasteiger charge is 2.26. The summed E-state index contributed by atoms with van der Waals surface area (Å²) in [6.07, 6.45) is 7.07. The van der Waals surface area contributed by atoms with E-state index in [0.717, 1.165) is 17.1 Å². The SMILES string of the molecule is [B]1Oc2cnccc2-c2nccc[n+]21. The molecule has 0 unspecified atom stereocenters. The highest BCUT2D eigenvalue weighted by Crippen LogP contribution is 2.26. The number of hydrogen-bond donors (Lipinski definition) is 0. The molecule has 2 aromatic rings. The third-order valence-corrected chi connectivity index (χ3v) is 2.09. The maximum absolute atomic E-state index is 5.39. The van der Waals surface area contributed by atoms with Crippen LogP contribution in [-0.2, 0) is 0 Å². The number of rotatable bonds is 0. The van der Waals surface area contributed by atoms with E-state index < -0.39 is 0 Å². The lowest BCUT2D eigenvalue weighted by Gasteiger charge is -2.12. The van der Waals surface area contributed by atoms with Crippen molar-refractivity contribution in [3.63, 3.8) is 0 Å². The van der Waals surface area contributed by atoms with Crippen LogP contribution in [0.3, 0.4) is 0 Å². The van der Waals surface area contributed by atoms with Crippen LogP contribution in [0.25, 0.3) is 11.4 Å². The average molecular weight is 183 g/mol. The van der Waals surface area contributed by atoms with Crippen molar-refractivity contribution >= 4 is 7.62 Å². The van der Waals surface area contributed by atoms with Gasteiger partial charge in [0.15, 0.2) is 0 Å². The van der Waals surface area contributed by atoms with Crippen molar-refractivity contribution in [3.8, 4) is 17.1 Å². The fraction of sp³-hybridized carbons (Fsp3) is 0. The number of fused-ring (bicyclic) bond motifs is 3. The molecule has 3 heterocycles. The molecule has 0 aliphatic carbocycles. The van der Waals surface area contributed by atoms with E-state index in [-0.39, 0.29) is 0 Å². The Hall–Kier alpha value is -1.91. The monoisotopic (exact) mass is 183 g/mol. The van der Waals surface area contributed by atoms with Crippen LogP contribution in [0.1, 0.15) is 0 Å². The summed E-state index contributed by atoms with van der Waals surface area (Å²) in [7, 11) is 1.62. The van der Waals surface area contributed by atoms with Gasteiger partial charge >= 0.3 is 13.4 Å². The Balaban J connectivity index is 2.29. The molecule has 0 N–H and O–H groups in total. The predicted molar refractivity (Wildman–Crippen MR) is 49.4 cm³/mol. The zero-order chi connectivity index (χ0) is 9.38. The van der Waals surface area contributed by atoms with Crippen LogP contribution in [0.15, 0.2) is 36.9 Å². The van der Waals surface area contributed by atoms with Crippen molar-refractivity contribution in [2.75, 3.05) is 0 Å². The Bertz CT molecular complexity index is 443. The fourth-order valence-electron chi connectivity index (χ4n) is 1.45. The first kappa shape index (κ1) is 7.49. The van der Waals surface area contributed by atoms with Crippen molar-refractivity contribution in [2.24, 2.45) is 0 Å². The van der Waals surface area contributed by atoms with Crippen LogP contribution < -0.4 is 9.13 Å². The molecule has 65 valence electrons. The Morgan fingerprint density at radius 1 is 1.36 bits per heavy atom. The number of hydrogen-bond acceptors (Lipinski definition) is 3. The molecule has 1 radical (unpaired) electrons. The topological polar surface area (TPSA) is 38.9 Å². The van der Waals surface area contributed by atoms with E-state index in [2.05, 4.69) is 9.97 Å². The van der Waals surface area contributed by atoms with Crippen LogP contribution in [0.4, 0.5) is 0 Å². The van der Waals surface area contributed by atoms with Gasteiger partial charge in [0.1, 0.15) is 17.5 Å². The summed E-state index contributed by atoms with van der Waals surface area (Å²) in [4.78, 5) is 8.27. The lowest BCUT2D eigenvalue weighted by Crippen LogP contribution is -2.48. The summed E-state index contributed by atoms with van der Waals surface area (Å²) in [6, 6.07) is 3.75. The largest absolute Gasteiger partial charge is 0.680 e. The molecule has 0 amide bonds. The molecular formula is C9H6BN3O+. The van der Waals surface area contributed by atoms with Gasteiger partial charge in [-0.1, -0.05) is 4.98 Å².